The van der Waals surface area contributed by atoms with E-state index in [1.165, 1.54) is 19.3 Å². The van der Waals surface area contributed by atoms with E-state index in [2.05, 4.69) is 31.3 Å². The van der Waals surface area contributed by atoms with Crippen LogP contribution in [0.2, 0.25) is 0 Å². The number of hydrogen-bond donors (Lipinski definition) is 1. The second-order valence-electron chi connectivity index (χ2n) is 2.45. The number of piperidine rings is 1. The van der Waals surface area contributed by atoms with Crippen LogP contribution in [0, 0.1) is 0 Å². The van der Waals surface area contributed by atoms with Gasteiger partial charge in [0.1, 0.15) is 0 Å². The maximum Gasteiger partial charge on any atom is 0.177 e. The lowest BCUT2D eigenvalue weighted by Gasteiger charge is -2.27. The summed E-state index contributed by atoms with van der Waals surface area (Å²) in [7, 11) is 0. The number of thiocarbonyl (C=S) groups is 1. The molecule has 0 radical (unpaired) electrons. The Labute approximate surface area is 80.8 Å². The average Bonchev–Trinajstić information content (AvgIpc) is 2.05. The van der Waals surface area contributed by atoms with E-state index in [0.717, 1.165) is 18.2 Å². The van der Waals surface area contributed by atoms with E-state index in [1.54, 1.807) is 0 Å². The molecule has 0 amide bonds. The second-order valence-corrected chi connectivity index (χ2v) is 3.37. The van der Waals surface area contributed by atoms with Crippen molar-refractivity contribution < 1.29 is 0 Å². The van der Waals surface area contributed by atoms with Crippen LogP contribution in [-0.4, -0.2) is 23.1 Å². The van der Waals surface area contributed by atoms with E-state index in [-0.39, 0.29) is 0 Å². The monoisotopic (exact) mass is 270 g/mol. The largest absolute Gasteiger partial charge is 0.349 e. The van der Waals surface area contributed by atoms with Gasteiger partial charge in [-0.05, 0) is 31.5 Å². The van der Waals surface area contributed by atoms with E-state index in [0.29, 0.717) is 0 Å². The second kappa shape index (κ2) is 4.33. The molecule has 4 heteroatoms. The summed E-state index contributed by atoms with van der Waals surface area (Å²) >= 11 is 7.17. The van der Waals surface area contributed by atoms with Gasteiger partial charge >= 0.3 is 0 Å². The van der Waals surface area contributed by atoms with Crippen molar-refractivity contribution in [1.82, 2.24) is 8.43 Å². The lowest BCUT2D eigenvalue weighted by Crippen LogP contribution is -2.39. The van der Waals surface area contributed by atoms with Crippen LogP contribution >= 0.6 is 35.1 Å². The molecule has 1 rings (SSSR count). The van der Waals surface area contributed by atoms with Gasteiger partial charge < -0.3 is 8.43 Å². The first-order valence-electron chi connectivity index (χ1n) is 3.50. The van der Waals surface area contributed by atoms with Gasteiger partial charge in [0.2, 0.25) is 0 Å². The quantitative estimate of drug-likeness (QED) is 0.410. The van der Waals surface area contributed by atoms with Crippen molar-refractivity contribution in [3.8, 4) is 0 Å². The number of nitrogens with zero attached hydrogens (tertiary/aromatic N) is 1. The molecule has 0 unspecified atom stereocenters. The van der Waals surface area contributed by atoms with Gasteiger partial charge in [0, 0.05) is 13.1 Å². The molecule has 1 aliphatic heterocycles. The molecule has 1 N–H and O–H groups in total. The Balaban J connectivity index is 2.31. The zero-order chi connectivity index (χ0) is 7.40. The van der Waals surface area contributed by atoms with Crippen LogP contribution < -0.4 is 3.53 Å². The van der Waals surface area contributed by atoms with E-state index < -0.39 is 0 Å². The van der Waals surface area contributed by atoms with Crippen molar-refractivity contribution >= 4 is 40.2 Å². The van der Waals surface area contributed by atoms with Crippen LogP contribution in [0.4, 0.5) is 0 Å². The minimum absolute atomic E-state index is 0.889. The summed E-state index contributed by atoms with van der Waals surface area (Å²) in [6.07, 6.45) is 3.94. The maximum atomic E-state index is 5.08. The van der Waals surface area contributed by atoms with Gasteiger partial charge in [-0.25, -0.2) is 0 Å². The lowest BCUT2D eigenvalue weighted by molar-refractivity contribution is 0.343. The summed E-state index contributed by atoms with van der Waals surface area (Å²) in [6.45, 7) is 2.27. The molecule has 0 spiro atoms. The average molecular weight is 270 g/mol. The molecule has 58 valence electrons. The van der Waals surface area contributed by atoms with Gasteiger partial charge in [-0.15, -0.1) is 0 Å². The van der Waals surface area contributed by atoms with Crippen molar-refractivity contribution in [2.24, 2.45) is 0 Å². The summed E-state index contributed by atoms with van der Waals surface area (Å²) in [5.74, 6) is 0. The number of hydrogen-bond acceptors (Lipinski definition) is 1. The third-order valence-electron chi connectivity index (χ3n) is 1.72. The fraction of sp³-hybridized carbons (Fsp3) is 0.833. The van der Waals surface area contributed by atoms with Crippen LogP contribution in [0.3, 0.4) is 0 Å². The van der Waals surface area contributed by atoms with Crippen LogP contribution in [-0.2, 0) is 0 Å². The Morgan fingerprint density at radius 3 is 2.40 bits per heavy atom. The Kier molecular flexibility index (Phi) is 3.69. The first kappa shape index (κ1) is 8.52. The molecule has 1 fully saturated rings. The molecule has 0 atom stereocenters. The lowest BCUT2D eigenvalue weighted by atomic mass is 10.1. The minimum Gasteiger partial charge on any atom is -0.349 e. The molecule has 1 saturated heterocycles. The first-order chi connectivity index (χ1) is 4.84. The topological polar surface area (TPSA) is 15.3 Å². The molecule has 0 aromatic heterocycles. The van der Waals surface area contributed by atoms with Crippen molar-refractivity contribution in [3.05, 3.63) is 0 Å². The Hall–Kier alpha value is 0.420. The summed E-state index contributed by atoms with van der Waals surface area (Å²) in [5.41, 5.74) is 0. The summed E-state index contributed by atoms with van der Waals surface area (Å²) in [4.78, 5) is 2.23. The van der Waals surface area contributed by atoms with Gasteiger partial charge in [0.25, 0.3) is 0 Å². The smallest absolute Gasteiger partial charge is 0.177 e. The van der Waals surface area contributed by atoms with E-state index in [1.807, 2.05) is 0 Å². The Morgan fingerprint density at radius 1 is 1.30 bits per heavy atom. The van der Waals surface area contributed by atoms with Gasteiger partial charge in [-0.2, -0.15) is 0 Å². The predicted octanol–water partition coefficient (Wildman–Crippen LogP) is 1.70. The highest BCUT2D eigenvalue weighted by atomic mass is 127. The van der Waals surface area contributed by atoms with E-state index in [4.69, 9.17) is 12.2 Å². The zero-order valence-corrected chi connectivity index (χ0v) is 8.74. The molecule has 2 nitrogen and oxygen atoms in total. The van der Waals surface area contributed by atoms with Gasteiger partial charge in [0.15, 0.2) is 5.11 Å². The molecule has 1 heterocycles. The maximum absolute atomic E-state index is 5.08. The molecule has 0 aromatic carbocycles. The zero-order valence-electron chi connectivity index (χ0n) is 5.77. The normalized spacial score (nSPS) is 18.7. The Bertz CT molecular complexity index is 123. The van der Waals surface area contributed by atoms with Gasteiger partial charge in [-0.3, -0.25) is 0 Å². The van der Waals surface area contributed by atoms with Crippen LogP contribution in [0.1, 0.15) is 19.3 Å². The third kappa shape index (κ3) is 2.23. The minimum atomic E-state index is 0.889. The van der Waals surface area contributed by atoms with Gasteiger partial charge in [-0.1, -0.05) is 0 Å². The SMILES string of the molecule is S=C(NI)N1CCCCC1. The van der Waals surface area contributed by atoms with Crippen LogP contribution in [0.5, 0.6) is 0 Å². The van der Waals surface area contributed by atoms with E-state index in [9.17, 15) is 0 Å². The molecule has 0 aliphatic carbocycles. The summed E-state index contributed by atoms with van der Waals surface area (Å²) < 4.78 is 2.96. The number of rotatable bonds is 0. The van der Waals surface area contributed by atoms with Crippen molar-refractivity contribution in [2.75, 3.05) is 13.1 Å². The highest BCUT2D eigenvalue weighted by molar-refractivity contribution is 14.1. The Morgan fingerprint density at radius 2 is 1.90 bits per heavy atom. The standard InChI is InChI=1S/C6H11IN2S/c7-8-6(10)9-4-2-1-3-5-9/h1-5H2,(H,8,10). The predicted molar refractivity (Wildman–Crippen MR) is 55.2 cm³/mol. The molecular weight excluding hydrogens is 259 g/mol. The van der Waals surface area contributed by atoms with E-state index >= 15 is 0 Å². The fourth-order valence-electron chi connectivity index (χ4n) is 1.16. The number of likely N-dealkylation sites (tertiary alicyclic amines) is 1. The first-order valence-corrected chi connectivity index (χ1v) is 4.99. The fourth-order valence-corrected chi connectivity index (χ4v) is 1.68. The van der Waals surface area contributed by atoms with Crippen molar-refractivity contribution in [1.29, 1.82) is 0 Å². The number of halogens is 1. The third-order valence-corrected chi connectivity index (χ3v) is 2.96. The summed E-state index contributed by atoms with van der Waals surface area (Å²) in [5, 5.41) is 0.889. The van der Waals surface area contributed by atoms with Crippen molar-refractivity contribution in [2.45, 2.75) is 19.3 Å². The highest BCUT2D eigenvalue weighted by Gasteiger charge is 2.11. The summed E-state index contributed by atoms with van der Waals surface area (Å²) in [6, 6.07) is 0. The molecule has 0 aromatic rings. The van der Waals surface area contributed by atoms with Crippen LogP contribution in [0.25, 0.3) is 0 Å². The van der Waals surface area contributed by atoms with Crippen LogP contribution in [0.15, 0.2) is 0 Å². The van der Waals surface area contributed by atoms with Crippen molar-refractivity contribution in [3.63, 3.8) is 0 Å². The molecule has 0 saturated carbocycles. The molecule has 10 heavy (non-hydrogen) atoms. The van der Waals surface area contributed by atoms with Gasteiger partial charge in [0.05, 0.1) is 22.9 Å². The molecular formula is C6H11IN2S. The molecule has 0 bridgehead atoms. The highest BCUT2D eigenvalue weighted by Crippen LogP contribution is 2.08. The molecule has 1 aliphatic rings. The number of nitrogens with one attached hydrogen (secondary N) is 1.